The van der Waals surface area contributed by atoms with Crippen molar-refractivity contribution in [3.63, 3.8) is 0 Å². The molecule has 0 aromatic heterocycles. The van der Waals surface area contributed by atoms with E-state index < -0.39 is 15.4 Å². The summed E-state index contributed by atoms with van der Waals surface area (Å²) in [7, 11) is -3.66. The smallest absolute Gasteiger partial charge is 0.240 e. The van der Waals surface area contributed by atoms with Gasteiger partial charge in [0.2, 0.25) is 10.0 Å². The van der Waals surface area contributed by atoms with Crippen LogP contribution in [0.2, 0.25) is 0 Å². The van der Waals surface area contributed by atoms with Crippen molar-refractivity contribution in [3.8, 4) is 0 Å². The van der Waals surface area contributed by atoms with Crippen molar-refractivity contribution >= 4 is 16.2 Å². The number of aryl methyl sites for hydroxylation is 1. The van der Waals surface area contributed by atoms with Crippen molar-refractivity contribution in [2.75, 3.05) is 13.1 Å². The summed E-state index contributed by atoms with van der Waals surface area (Å²) in [5, 5.41) is 0. The molecule has 0 spiro atoms. The molecule has 0 fully saturated rings. The average Bonchev–Trinajstić information content (AvgIpc) is 2.89. The van der Waals surface area contributed by atoms with E-state index in [-0.39, 0.29) is 11.4 Å². The molecule has 0 saturated heterocycles. The van der Waals surface area contributed by atoms with Gasteiger partial charge in [-0.1, -0.05) is 105 Å². The Bertz CT molecular complexity index is 1100. The molecule has 0 unspecified atom stereocenters. The first-order valence-corrected chi connectivity index (χ1v) is 14.1. The van der Waals surface area contributed by atoms with Crippen LogP contribution in [0, 0.1) is 6.92 Å². The Morgan fingerprint density at radius 3 is 2.00 bits per heavy atom. The second-order valence-electron chi connectivity index (χ2n) is 9.14. The van der Waals surface area contributed by atoms with Crippen LogP contribution in [-0.2, 0) is 15.4 Å². The van der Waals surface area contributed by atoms with Gasteiger partial charge in [0, 0.05) is 18.5 Å². The van der Waals surface area contributed by atoms with Gasteiger partial charge >= 0.3 is 0 Å². The SMILES string of the molecule is CCCCCCN=CCCC(CNS(=O)(=O)c1ccc(C)cc1)(c1ccccc1)c1ccccc1. The minimum absolute atomic E-state index is 0.265. The first-order chi connectivity index (χ1) is 17.0. The van der Waals surface area contributed by atoms with Crippen LogP contribution in [-0.4, -0.2) is 27.7 Å². The largest absolute Gasteiger partial charge is 0.298 e. The lowest BCUT2D eigenvalue weighted by molar-refractivity contribution is 0.469. The summed E-state index contributed by atoms with van der Waals surface area (Å²) < 4.78 is 29.4. The molecule has 186 valence electrons. The molecule has 0 radical (unpaired) electrons. The van der Waals surface area contributed by atoms with E-state index in [2.05, 4.69) is 40.9 Å². The number of rotatable bonds is 14. The third-order valence-electron chi connectivity index (χ3n) is 6.52. The molecule has 35 heavy (non-hydrogen) atoms. The average molecular weight is 491 g/mol. The first kappa shape index (κ1) is 26.8. The Labute approximate surface area is 211 Å². The highest BCUT2D eigenvalue weighted by Crippen LogP contribution is 2.36. The van der Waals surface area contributed by atoms with Gasteiger partial charge in [-0.25, -0.2) is 13.1 Å². The minimum atomic E-state index is -3.66. The number of sulfonamides is 1. The molecular weight excluding hydrogens is 452 g/mol. The van der Waals surface area contributed by atoms with Crippen LogP contribution in [0.15, 0.2) is 94.8 Å². The highest BCUT2D eigenvalue weighted by molar-refractivity contribution is 7.89. The summed E-state index contributed by atoms with van der Waals surface area (Å²) in [6.45, 7) is 5.28. The van der Waals surface area contributed by atoms with Crippen molar-refractivity contribution in [1.29, 1.82) is 0 Å². The Kier molecular flexibility index (Phi) is 10.2. The molecule has 0 atom stereocenters. The van der Waals surface area contributed by atoms with Gasteiger partial charge in [-0.2, -0.15) is 0 Å². The second-order valence-corrected chi connectivity index (χ2v) is 10.9. The highest BCUT2D eigenvalue weighted by atomic mass is 32.2. The summed E-state index contributed by atoms with van der Waals surface area (Å²) in [6.07, 6.45) is 8.33. The summed E-state index contributed by atoms with van der Waals surface area (Å²) in [5.74, 6) is 0. The Hall–Kier alpha value is -2.76. The quantitative estimate of drug-likeness (QED) is 0.202. The van der Waals surface area contributed by atoms with Crippen molar-refractivity contribution in [2.24, 2.45) is 4.99 Å². The van der Waals surface area contributed by atoms with Gasteiger partial charge < -0.3 is 0 Å². The van der Waals surface area contributed by atoms with Gasteiger partial charge in [-0.15, -0.1) is 0 Å². The summed E-state index contributed by atoms with van der Waals surface area (Å²) in [4.78, 5) is 4.92. The molecule has 4 nitrogen and oxygen atoms in total. The molecular formula is C30H38N2O2S. The molecule has 0 amide bonds. The molecule has 1 N–H and O–H groups in total. The number of nitrogens with zero attached hydrogens (tertiary/aromatic N) is 1. The topological polar surface area (TPSA) is 58.5 Å². The number of aliphatic imine (C=N–C) groups is 1. The van der Waals surface area contributed by atoms with Gasteiger partial charge in [0.15, 0.2) is 0 Å². The highest BCUT2D eigenvalue weighted by Gasteiger charge is 2.35. The standard InChI is InChI=1S/C30H38N2O2S/c1-3-4-5-12-23-31-24-13-22-30(27-14-8-6-9-15-27,28-16-10-7-11-17-28)25-32-35(33,34)29-20-18-26(2)19-21-29/h6-11,14-21,24,32H,3-5,12-13,22-23,25H2,1-2H3. The minimum Gasteiger partial charge on any atom is -0.298 e. The van der Waals surface area contributed by atoms with Gasteiger partial charge in [0.05, 0.1) is 4.90 Å². The molecule has 3 rings (SSSR count). The normalized spacial score (nSPS) is 12.3. The zero-order chi connectivity index (χ0) is 25.0. The molecule has 0 aliphatic carbocycles. The summed E-state index contributed by atoms with van der Waals surface area (Å²) in [5.41, 5.74) is 2.69. The lowest BCUT2D eigenvalue weighted by Crippen LogP contribution is -2.42. The number of unbranched alkanes of at least 4 members (excludes halogenated alkanes) is 3. The first-order valence-electron chi connectivity index (χ1n) is 12.6. The van der Waals surface area contributed by atoms with Gasteiger partial charge in [-0.3, -0.25) is 4.99 Å². The van der Waals surface area contributed by atoms with E-state index in [0.717, 1.165) is 42.5 Å². The van der Waals surface area contributed by atoms with E-state index in [4.69, 9.17) is 0 Å². The number of hydrogen-bond donors (Lipinski definition) is 1. The fourth-order valence-electron chi connectivity index (χ4n) is 4.40. The van der Waals surface area contributed by atoms with E-state index >= 15 is 0 Å². The maximum atomic E-state index is 13.2. The van der Waals surface area contributed by atoms with Crippen LogP contribution in [0.25, 0.3) is 0 Å². The van der Waals surface area contributed by atoms with Crippen LogP contribution < -0.4 is 4.72 Å². The van der Waals surface area contributed by atoms with E-state index in [9.17, 15) is 8.42 Å². The van der Waals surface area contributed by atoms with Crippen molar-refractivity contribution in [3.05, 3.63) is 102 Å². The third-order valence-corrected chi connectivity index (χ3v) is 7.94. The number of nitrogens with one attached hydrogen (secondary N) is 1. The summed E-state index contributed by atoms with van der Waals surface area (Å²) in [6, 6.07) is 27.4. The number of benzene rings is 3. The van der Waals surface area contributed by atoms with Crippen LogP contribution in [0.1, 0.15) is 62.1 Å². The third kappa shape index (κ3) is 7.61. The Morgan fingerprint density at radius 2 is 1.43 bits per heavy atom. The zero-order valence-electron chi connectivity index (χ0n) is 21.0. The molecule has 3 aromatic rings. The Morgan fingerprint density at radius 1 is 0.829 bits per heavy atom. The molecule has 3 aromatic carbocycles. The molecule has 0 aliphatic rings. The fraction of sp³-hybridized carbons (Fsp3) is 0.367. The van der Waals surface area contributed by atoms with E-state index in [1.165, 1.54) is 19.3 Å². The predicted octanol–water partition coefficient (Wildman–Crippen LogP) is 6.69. The van der Waals surface area contributed by atoms with E-state index in [1.807, 2.05) is 61.7 Å². The van der Waals surface area contributed by atoms with Gasteiger partial charge in [0.25, 0.3) is 0 Å². The fourth-order valence-corrected chi connectivity index (χ4v) is 5.50. The predicted molar refractivity (Wildman–Crippen MR) is 147 cm³/mol. The van der Waals surface area contributed by atoms with Gasteiger partial charge in [-0.05, 0) is 55.7 Å². The van der Waals surface area contributed by atoms with E-state index in [1.54, 1.807) is 12.1 Å². The van der Waals surface area contributed by atoms with E-state index in [0.29, 0.717) is 0 Å². The maximum absolute atomic E-state index is 13.2. The van der Waals surface area contributed by atoms with Crippen molar-refractivity contribution in [2.45, 2.75) is 62.7 Å². The number of hydrogen-bond acceptors (Lipinski definition) is 3. The van der Waals surface area contributed by atoms with Gasteiger partial charge in [0.1, 0.15) is 0 Å². The molecule has 0 bridgehead atoms. The van der Waals surface area contributed by atoms with Crippen molar-refractivity contribution < 1.29 is 8.42 Å². The van der Waals surface area contributed by atoms with Crippen LogP contribution in [0.3, 0.4) is 0 Å². The monoisotopic (exact) mass is 490 g/mol. The second kappa shape index (κ2) is 13.4. The maximum Gasteiger partial charge on any atom is 0.240 e. The molecule has 0 aliphatic heterocycles. The summed E-state index contributed by atoms with van der Waals surface area (Å²) >= 11 is 0. The van der Waals surface area contributed by atoms with Crippen LogP contribution in [0.4, 0.5) is 0 Å². The lowest BCUT2D eigenvalue weighted by atomic mass is 9.71. The van der Waals surface area contributed by atoms with Crippen LogP contribution >= 0.6 is 0 Å². The van der Waals surface area contributed by atoms with Crippen molar-refractivity contribution in [1.82, 2.24) is 4.72 Å². The molecule has 0 saturated carbocycles. The lowest BCUT2D eigenvalue weighted by Gasteiger charge is -2.35. The Balaban J connectivity index is 1.88. The zero-order valence-corrected chi connectivity index (χ0v) is 21.8. The van der Waals surface area contributed by atoms with Crippen LogP contribution in [0.5, 0.6) is 0 Å². The molecule has 5 heteroatoms. The molecule has 0 heterocycles.